The minimum Gasteiger partial charge on any atom is -0.326 e. The number of para-hydroxylation sites is 1. The Balaban J connectivity index is 1.71. The number of halogens is 1. The number of carbonyl (C=O) groups excluding carboxylic acids is 2. The summed E-state index contributed by atoms with van der Waals surface area (Å²) in [6, 6.07) is 16.2. The molecule has 1 aliphatic rings. The summed E-state index contributed by atoms with van der Waals surface area (Å²) in [7, 11) is 0. The van der Waals surface area contributed by atoms with Gasteiger partial charge in [-0.05, 0) is 36.4 Å². The van der Waals surface area contributed by atoms with Crippen molar-refractivity contribution in [2.75, 3.05) is 11.9 Å². The predicted octanol–water partition coefficient (Wildman–Crippen LogP) is 4.49. The molecule has 7 heteroatoms. The van der Waals surface area contributed by atoms with Gasteiger partial charge in [0.15, 0.2) is 5.17 Å². The molecule has 138 valence electrons. The van der Waals surface area contributed by atoms with Gasteiger partial charge in [-0.2, -0.15) is 0 Å². The number of hydrogen-bond donors (Lipinski definition) is 1. The highest BCUT2D eigenvalue weighted by Crippen LogP contribution is 2.31. The largest absolute Gasteiger partial charge is 0.326 e. The average molecular weight is 400 g/mol. The summed E-state index contributed by atoms with van der Waals surface area (Å²) in [5, 5.41) is 3.45. The molecule has 2 aromatic carbocycles. The summed E-state index contributed by atoms with van der Waals surface area (Å²) in [6.45, 7) is 4.05. The fourth-order valence-electron chi connectivity index (χ4n) is 2.55. The zero-order valence-corrected chi connectivity index (χ0v) is 16.0. The third kappa shape index (κ3) is 4.99. The molecule has 27 heavy (non-hydrogen) atoms. The molecule has 0 aromatic heterocycles. The van der Waals surface area contributed by atoms with Gasteiger partial charge in [-0.1, -0.05) is 47.6 Å². The second-order valence-electron chi connectivity index (χ2n) is 5.83. The molecule has 0 spiro atoms. The number of rotatable bonds is 6. The maximum absolute atomic E-state index is 12.7. The van der Waals surface area contributed by atoms with Crippen LogP contribution in [0.5, 0.6) is 0 Å². The van der Waals surface area contributed by atoms with Gasteiger partial charge < -0.3 is 5.32 Å². The topological polar surface area (TPSA) is 61.8 Å². The fraction of sp³-hybridized carbons (Fsp3) is 0.150. The lowest BCUT2D eigenvalue weighted by Crippen LogP contribution is -2.33. The number of carbonyl (C=O) groups is 2. The molecule has 0 aliphatic carbocycles. The normalized spacial score (nSPS) is 18.0. The fourth-order valence-corrected chi connectivity index (χ4v) is 3.84. The molecule has 0 unspecified atom stereocenters. The van der Waals surface area contributed by atoms with Gasteiger partial charge in [-0.25, -0.2) is 4.99 Å². The van der Waals surface area contributed by atoms with Crippen LogP contribution in [-0.2, 0) is 9.59 Å². The van der Waals surface area contributed by atoms with Crippen LogP contribution in [0.15, 0.2) is 72.2 Å². The molecule has 3 rings (SSSR count). The first-order valence-corrected chi connectivity index (χ1v) is 9.60. The Morgan fingerprint density at radius 3 is 2.59 bits per heavy atom. The van der Waals surface area contributed by atoms with Crippen molar-refractivity contribution in [3.63, 3.8) is 0 Å². The summed E-state index contributed by atoms with van der Waals surface area (Å²) in [4.78, 5) is 31.2. The summed E-state index contributed by atoms with van der Waals surface area (Å²) in [6.07, 6.45) is 1.71. The highest BCUT2D eigenvalue weighted by atomic mass is 35.5. The minimum absolute atomic E-state index is 0.0631. The van der Waals surface area contributed by atoms with Gasteiger partial charge in [-0.15, -0.1) is 6.58 Å². The first-order chi connectivity index (χ1) is 13.1. The van der Waals surface area contributed by atoms with E-state index in [9.17, 15) is 9.59 Å². The summed E-state index contributed by atoms with van der Waals surface area (Å²) in [5.41, 5.74) is 1.40. The molecule has 0 bridgehead atoms. The standard InChI is InChI=1S/C20H18ClN3O2S/c1-2-12-24-19(26)17(27-20(24)23-15-6-4-3-5-7-15)13-18(25)22-16-10-8-14(21)9-11-16/h2-11,17H,1,12-13H2,(H,22,25)/t17-/m1/s1. The zero-order valence-electron chi connectivity index (χ0n) is 14.5. The highest BCUT2D eigenvalue weighted by molar-refractivity contribution is 8.15. The maximum Gasteiger partial charge on any atom is 0.242 e. The Kier molecular flexibility index (Phi) is 6.32. The van der Waals surface area contributed by atoms with E-state index in [4.69, 9.17) is 11.6 Å². The van der Waals surface area contributed by atoms with Crippen LogP contribution in [0.2, 0.25) is 5.02 Å². The van der Waals surface area contributed by atoms with Gasteiger partial charge in [0.05, 0.1) is 5.69 Å². The average Bonchev–Trinajstić information content (AvgIpc) is 2.93. The van der Waals surface area contributed by atoms with Crippen LogP contribution >= 0.6 is 23.4 Å². The van der Waals surface area contributed by atoms with Gasteiger partial charge in [0, 0.05) is 23.7 Å². The molecule has 1 saturated heterocycles. The SMILES string of the molecule is C=CCN1C(=O)[C@@H](CC(=O)Nc2ccc(Cl)cc2)SC1=Nc1ccccc1. The van der Waals surface area contributed by atoms with E-state index in [1.165, 1.54) is 11.8 Å². The molecule has 1 N–H and O–H groups in total. The predicted molar refractivity (Wildman–Crippen MR) is 112 cm³/mol. The number of amidine groups is 1. The van der Waals surface area contributed by atoms with E-state index in [0.29, 0.717) is 22.4 Å². The van der Waals surface area contributed by atoms with Crippen molar-refractivity contribution in [1.82, 2.24) is 4.90 Å². The number of thioether (sulfide) groups is 1. The van der Waals surface area contributed by atoms with Crippen molar-refractivity contribution in [3.8, 4) is 0 Å². The van der Waals surface area contributed by atoms with Crippen LogP contribution in [0, 0.1) is 0 Å². The van der Waals surface area contributed by atoms with Crippen LogP contribution in [0.25, 0.3) is 0 Å². The second kappa shape index (κ2) is 8.88. The Morgan fingerprint density at radius 2 is 1.93 bits per heavy atom. The Morgan fingerprint density at radius 1 is 1.22 bits per heavy atom. The van der Waals surface area contributed by atoms with E-state index < -0.39 is 5.25 Å². The van der Waals surface area contributed by atoms with E-state index in [1.54, 1.807) is 35.2 Å². The Bertz CT molecular complexity index is 869. The first-order valence-electron chi connectivity index (χ1n) is 8.35. The molecule has 2 amide bonds. The molecular formula is C20H18ClN3O2S. The first kappa shape index (κ1) is 19.2. The lowest BCUT2D eigenvalue weighted by Gasteiger charge is -2.13. The lowest BCUT2D eigenvalue weighted by molar-refractivity contribution is -0.127. The minimum atomic E-state index is -0.514. The molecule has 0 saturated carbocycles. The van der Waals surface area contributed by atoms with Crippen molar-refractivity contribution in [3.05, 3.63) is 72.3 Å². The molecule has 1 atom stereocenters. The molecule has 0 radical (unpaired) electrons. The molecular weight excluding hydrogens is 382 g/mol. The quantitative estimate of drug-likeness (QED) is 0.728. The monoisotopic (exact) mass is 399 g/mol. The Hall–Kier alpha value is -2.57. The summed E-state index contributed by atoms with van der Waals surface area (Å²) < 4.78 is 0. The molecule has 5 nitrogen and oxygen atoms in total. The van der Waals surface area contributed by atoms with Crippen LogP contribution in [0.3, 0.4) is 0 Å². The van der Waals surface area contributed by atoms with E-state index in [0.717, 1.165) is 5.69 Å². The number of benzene rings is 2. The van der Waals surface area contributed by atoms with Crippen molar-refractivity contribution in [1.29, 1.82) is 0 Å². The van der Waals surface area contributed by atoms with Gasteiger partial charge >= 0.3 is 0 Å². The third-order valence-electron chi connectivity index (χ3n) is 3.81. The van der Waals surface area contributed by atoms with Gasteiger partial charge in [0.25, 0.3) is 0 Å². The summed E-state index contributed by atoms with van der Waals surface area (Å²) in [5.74, 6) is -0.372. The van der Waals surface area contributed by atoms with Crippen molar-refractivity contribution in [2.24, 2.45) is 4.99 Å². The zero-order chi connectivity index (χ0) is 19.2. The number of nitrogens with zero attached hydrogens (tertiary/aromatic N) is 2. The third-order valence-corrected chi connectivity index (χ3v) is 5.24. The van der Waals surface area contributed by atoms with Crippen LogP contribution in [0.1, 0.15) is 6.42 Å². The van der Waals surface area contributed by atoms with Crippen LogP contribution < -0.4 is 5.32 Å². The number of aliphatic imine (C=N–C) groups is 1. The number of nitrogens with one attached hydrogen (secondary N) is 1. The highest BCUT2D eigenvalue weighted by Gasteiger charge is 2.38. The molecule has 1 heterocycles. The van der Waals surface area contributed by atoms with E-state index in [2.05, 4.69) is 16.9 Å². The Labute approximate surface area is 167 Å². The van der Waals surface area contributed by atoms with Crippen LogP contribution in [-0.4, -0.2) is 33.7 Å². The van der Waals surface area contributed by atoms with Gasteiger partial charge in [0.2, 0.25) is 11.8 Å². The second-order valence-corrected chi connectivity index (χ2v) is 7.44. The van der Waals surface area contributed by atoms with E-state index in [1.807, 2.05) is 30.3 Å². The lowest BCUT2D eigenvalue weighted by atomic mass is 10.2. The molecule has 2 aromatic rings. The van der Waals surface area contributed by atoms with Gasteiger partial charge in [-0.3, -0.25) is 14.5 Å². The molecule has 1 fully saturated rings. The number of anilines is 1. The smallest absolute Gasteiger partial charge is 0.242 e. The van der Waals surface area contributed by atoms with Gasteiger partial charge in [0.1, 0.15) is 5.25 Å². The van der Waals surface area contributed by atoms with E-state index >= 15 is 0 Å². The van der Waals surface area contributed by atoms with Crippen molar-refractivity contribution < 1.29 is 9.59 Å². The number of amides is 2. The summed E-state index contributed by atoms with van der Waals surface area (Å²) >= 11 is 7.15. The van der Waals surface area contributed by atoms with Crippen molar-refractivity contribution in [2.45, 2.75) is 11.7 Å². The number of hydrogen-bond acceptors (Lipinski definition) is 4. The van der Waals surface area contributed by atoms with Crippen LogP contribution in [0.4, 0.5) is 11.4 Å². The van der Waals surface area contributed by atoms with Crippen molar-refractivity contribution >= 4 is 51.7 Å². The molecule has 1 aliphatic heterocycles. The maximum atomic E-state index is 12.7. The van der Waals surface area contributed by atoms with E-state index in [-0.39, 0.29) is 18.2 Å².